The van der Waals surface area contributed by atoms with Crippen molar-refractivity contribution in [1.82, 2.24) is 5.43 Å². The van der Waals surface area contributed by atoms with E-state index in [-0.39, 0.29) is 5.91 Å². The minimum Gasteiger partial charge on any atom is -0.326 e. The van der Waals surface area contributed by atoms with Crippen molar-refractivity contribution in [3.8, 4) is 0 Å². The van der Waals surface area contributed by atoms with E-state index in [0.717, 1.165) is 31.7 Å². The zero-order valence-corrected chi connectivity index (χ0v) is 12.1. The quantitative estimate of drug-likeness (QED) is 0.420. The lowest BCUT2D eigenvalue weighted by atomic mass is 10.2. The fraction of sp³-hybridized carbons (Fsp3) is 0.467. The van der Waals surface area contributed by atoms with Gasteiger partial charge in [0.1, 0.15) is 26.2 Å². The molecule has 3 N–H and O–H groups in total. The van der Waals surface area contributed by atoms with E-state index in [2.05, 4.69) is 17.5 Å². The molecule has 0 saturated carbocycles. The number of piperazine rings is 1. The minimum atomic E-state index is -0.00729. The summed E-state index contributed by atoms with van der Waals surface area (Å²) in [7, 11) is 0. The molecule has 1 amide bonds. The van der Waals surface area contributed by atoms with E-state index in [1.54, 1.807) is 11.1 Å². The summed E-state index contributed by atoms with van der Waals surface area (Å²) >= 11 is 0. The van der Waals surface area contributed by atoms with E-state index < -0.39 is 0 Å². The normalized spacial score (nSPS) is 22.9. The molecule has 0 atom stereocenters. The zero-order valence-electron chi connectivity index (χ0n) is 12.1. The molecule has 20 heavy (non-hydrogen) atoms. The molecule has 108 valence electrons. The molecule has 2 rings (SSSR count). The third-order valence-corrected chi connectivity index (χ3v) is 3.78. The van der Waals surface area contributed by atoms with E-state index in [1.165, 1.54) is 11.4 Å². The molecule has 0 unspecified atom stereocenters. The third-order valence-electron chi connectivity index (χ3n) is 3.78. The minimum absolute atomic E-state index is 0.00729. The van der Waals surface area contributed by atoms with Crippen LogP contribution in [0.1, 0.15) is 12.5 Å². The molecule has 1 aromatic rings. The molecule has 1 aliphatic heterocycles. The van der Waals surface area contributed by atoms with Crippen molar-refractivity contribution < 1.29 is 14.6 Å². The summed E-state index contributed by atoms with van der Waals surface area (Å²) in [5.41, 5.74) is 3.59. The average Bonchev–Trinajstić information content (AvgIpc) is 2.49. The number of amides is 1. The second-order valence-corrected chi connectivity index (χ2v) is 5.23. The van der Waals surface area contributed by atoms with E-state index in [4.69, 9.17) is 0 Å². The maximum absolute atomic E-state index is 11.8. The Balaban J connectivity index is 1.69. The molecule has 0 bridgehead atoms. The SMILES string of the molecule is CC[NH+]1CC[NH+](CC(=O)N/N=C\c2ccccc2)CC1. The van der Waals surface area contributed by atoms with Crippen LogP contribution in [-0.4, -0.2) is 51.4 Å². The zero-order chi connectivity index (χ0) is 14.2. The van der Waals surface area contributed by atoms with Crippen molar-refractivity contribution in [2.45, 2.75) is 6.92 Å². The van der Waals surface area contributed by atoms with Crippen molar-refractivity contribution in [2.75, 3.05) is 39.3 Å². The first-order valence-electron chi connectivity index (χ1n) is 7.32. The Hall–Kier alpha value is -1.72. The standard InChI is InChI=1S/C15H22N4O/c1-2-18-8-10-19(11-9-18)13-15(20)17-16-12-14-6-4-3-5-7-14/h3-7,12H,2,8-11,13H2,1H3,(H,17,20)/p+2/b16-12-. The van der Waals surface area contributed by atoms with Crippen LogP contribution in [0.5, 0.6) is 0 Å². The monoisotopic (exact) mass is 276 g/mol. The number of nitrogens with one attached hydrogen (secondary N) is 3. The molecular weight excluding hydrogens is 252 g/mol. The summed E-state index contributed by atoms with van der Waals surface area (Å²) in [6.07, 6.45) is 1.67. The number of carbonyl (C=O) groups excluding carboxylic acids is 1. The molecule has 0 radical (unpaired) electrons. The first-order chi connectivity index (χ1) is 9.78. The maximum atomic E-state index is 11.8. The third kappa shape index (κ3) is 4.75. The first-order valence-corrected chi connectivity index (χ1v) is 7.32. The predicted molar refractivity (Wildman–Crippen MR) is 79.0 cm³/mol. The van der Waals surface area contributed by atoms with Crippen molar-refractivity contribution in [3.63, 3.8) is 0 Å². The summed E-state index contributed by atoms with van der Waals surface area (Å²) in [5, 5.41) is 4.00. The van der Waals surface area contributed by atoms with E-state index >= 15 is 0 Å². The van der Waals surface area contributed by atoms with Crippen LogP contribution in [0, 0.1) is 0 Å². The highest BCUT2D eigenvalue weighted by Gasteiger charge is 2.23. The van der Waals surface area contributed by atoms with E-state index in [9.17, 15) is 4.79 Å². The van der Waals surface area contributed by atoms with E-state index in [0.29, 0.717) is 6.54 Å². The Labute approximate surface area is 120 Å². The van der Waals surface area contributed by atoms with Gasteiger partial charge in [0.15, 0.2) is 6.54 Å². The molecule has 5 nitrogen and oxygen atoms in total. The Bertz CT molecular complexity index is 438. The summed E-state index contributed by atoms with van der Waals surface area (Å²) in [4.78, 5) is 14.8. The second kappa shape index (κ2) is 7.77. The van der Waals surface area contributed by atoms with Crippen LogP contribution in [0.25, 0.3) is 0 Å². The van der Waals surface area contributed by atoms with E-state index in [1.807, 2.05) is 30.3 Å². The number of hydrogen-bond acceptors (Lipinski definition) is 2. The largest absolute Gasteiger partial charge is 0.326 e. The van der Waals surface area contributed by atoms with Crippen LogP contribution < -0.4 is 15.2 Å². The molecular formula is C15H24N4O+2. The smallest absolute Gasteiger partial charge is 0.295 e. The van der Waals surface area contributed by atoms with Gasteiger partial charge in [-0.3, -0.25) is 4.79 Å². The van der Waals surface area contributed by atoms with Crippen molar-refractivity contribution in [2.24, 2.45) is 5.10 Å². The highest BCUT2D eigenvalue weighted by molar-refractivity contribution is 5.82. The Morgan fingerprint density at radius 3 is 2.50 bits per heavy atom. The van der Waals surface area contributed by atoms with Gasteiger partial charge in [-0.2, -0.15) is 5.10 Å². The average molecular weight is 276 g/mol. The van der Waals surface area contributed by atoms with Gasteiger partial charge in [0.25, 0.3) is 5.91 Å². The molecule has 1 saturated heterocycles. The van der Waals surface area contributed by atoms with Gasteiger partial charge in [0.2, 0.25) is 0 Å². The number of quaternary nitrogens is 2. The van der Waals surface area contributed by atoms with Crippen LogP contribution in [0.3, 0.4) is 0 Å². The number of carbonyl (C=O) groups is 1. The van der Waals surface area contributed by atoms with Crippen LogP contribution in [0.4, 0.5) is 0 Å². The molecule has 5 heteroatoms. The van der Waals surface area contributed by atoms with Gasteiger partial charge in [-0.1, -0.05) is 30.3 Å². The van der Waals surface area contributed by atoms with Gasteiger partial charge in [0, 0.05) is 0 Å². The fourth-order valence-corrected chi connectivity index (χ4v) is 2.47. The second-order valence-electron chi connectivity index (χ2n) is 5.23. The number of hydrazone groups is 1. The van der Waals surface area contributed by atoms with Crippen molar-refractivity contribution >= 4 is 12.1 Å². The van der Waals surface area contributed by atoms with Gasteiger partial charge in [-0.25, -0.2) is 5.43 Å². The predicted octanol–water partition coefficient (Wildman–Crippen LogP) is -2.06. The lowest BCUT2D eigenvalue weighted by molar-refractivity contribution is -1.01. The van der Waals surface area contributed by atoms with Gasteiger partial charge in [0.05, 0.1) is 12.8 Å². The molecule has 1 fully saturated rings. The molecule has 0 aromatic heterocycles. The number of nitrogens with zero attached hydrogens (tertiary/aromatic N) is 1. The lowest BCUT2D eigenvalue weighted by Gasteiger charge is -2.28. The molecule has 1 aliphatic rings. The van der Waals surface area contributed by atoms with Crippen LogP contribution >= 0.6 is 0 Å². The number of rotatable bonds is 5. The molecule has 1 heterocycles. The molecule has 0 aliphatic carbocycles. The highest BCUT2D eigenvalue weighted by atomic mass is 16.2. The maximum Gasteiger partial charge on any atom is 0.295 e. The first kappa shape index (κ1) is 14.7. The number of benzene rings is 1. The summed E-state index contributed by atoms with van der Waals surface area (Å²) in [6.45, 7) is 8.37. The van der Waals surface area contributed by atoms with Crippen molar-refractivity contribution in [1.29, 1.82) is 0 Å². The van der Waals surface area contributed by atoms with Crippen LogP contribution in [0.2, 0.25) is 0 Å². The summed E-state index contributed by atoms with van der Waals surface area (Å²) in [6, 6.07) is 9.75. The Kier molecular flexibility index (Phi) is 5.70. The topological polar surface area (TPSA) is 50.3 Å². The molecule has 1 aromatic carbocycles. The highest BCUT2D eigenvalue weighted by Crippen LogP contribution is 1.92. The van der Waals surface area contributed by atoms with Gasteiger partial charge < -0.3 is 9.80 Å². The molecule has 0 spiro atoms. The van der Waals surface area contributed by atoms with Gasteiger partial charge >= 0.3 is 0 Å². The van der Waals surface area contributed by atoms with Gasteiger partial charge in [-0.05, 0) is 12.5 Å². The van der Waals surface area contributed by atoms with Crippen molar-refractivity contribution in [3.05, 3.63) is 35.9 Å². The lowest BCUT2D eigenvalue weighted by Crippen LogP contribution is -3.28. The van der Waals surface area contributed by atoms with Crippen LogP contribution in [-0.2, 0) is 4.79 Å². The number of hydrogen-bond donors (Lipinski definition) is 3. The summed E-state index contributed by atoms with van der Waals surface area (Å²) < 4.78 is 0. The summed E-state index contributed by atoms with van der Waals surface area (Å²) in [5.74, 6) is -0.00729. The Morgan fingerprint density at radius 2 is 1.85 bits per heavy atom. The number of likely N-dealkylation sites (N-methyl/N-ethyl adjacent to an activating group) is 1. The Morgan fingerprint density at radius 1 is 1.20 bits per heavy atom. The van der Waals surface area contributed by atoms with Crippen LogP contribution in [0.15, 0.2) is 35.4 Å². The van der Waals surface area contributed by atoms with Gasteiger partial charge in [-0.15, -0.1) is 0 Å². The fourth-order valence-electron chi connectivity index (χ4n) is 2.47.